The monoisotopic (exact) mass is 340 g/mol. The van der Waals surface area contributed by atoms with Crippen molar-refractivity contribution < 1.29 is 14.7 Å². The number of hydrogen-bond acceptors (Lipinski definition) is 5. The van der Waals surface area contributed by atoms with Crippen molar-refractivity contribution in [2.45, 2.75) is 13.0 Å². The highest BCUT2D eigenvalue weighted by molar-refractivity contribution is 7.21. The number of benzene rings is 1. The van der Waals surface area contributed by atoms with Crippen LogP contribution < -0.4 is 10.2 Å². The molecule has 0 spiro atoms. The van der Waals surface area contributed by atoms with Crippen molar-refractivity contribution in [2.75, 3.05) is 10.2 Å². The van der Waals surface area contributed by atoms with Crippen LogP contribution >= 0.6 is 11.3 Å². The standard InChI is InChI=1S/C16H12N4O3S/c1-8(9-5-3-2-4-6-9)20-13-10-11(19-16(20)23)12(15(21)22)24-14(10)18-7-17-13/h2-8H,1H3,(H,19,23)(H,21,22)/t8-/m1/s1. The average molecular weight is 340 g/mol. The molecule has 0 unspecified atom stereocenters. The SMILES string of the molecule is C[C@H](c1ccccc1)N1C(=O)Nc2c(C(=O)O)sc3ncnc1c23. The van der Waals surface area contributed by atoms with Crippen LogP contribution in [0.2, 0.25) is 0 Å². The Hall–Kier alpha value is -3.00. The molecule has 4 rings (SSSR count). The predicted octanol–water partition coefficient (Wildman–Crippen LogP) is 3.50. The van der Waals surface area contributed by atoms with Gasteiger partial charge in [-0.1, -0.05) is 30.3 Å². The van der Waals surface area contributed by atoms with Gasteiger partial charge in [-0.2, -0.15) is 0 Å². The van der Waals surface area contributed by atoms with E-state index >= 15 is 0 Å². The van der Waals surface area contributed by atoms with E-state index in [1.165, 1.54) is 11.2 Å². The fourth-order valence-electron chi connectivity index (χ4n) is 2.87. The molecule has 1 aromatic carbocycles. The number of anilines is 2. The van der Waals surface area contributed by atoms with Gasteiger partial charge in [0.25, 0.3) is 0 Å². The first-order chi connectivity index (χ1) is 11.6. The Labute approximate surface area is 140 Å². The first-order valence-corrected chi connectivity index (χ1v) is 8.05. The third-order valence-corrected chi connectivity index (χ3v) is 5.10. The summed E-state index contributed by atoms with van der Waals surface area (Å²) in [5.41, 5.74) is 1.23. The number of aromatic carboxylic acids is 1. The average Bonchev–Trinajstić information content (AvgIpc) is 2.95. The van der Waals surface area contributed by atoms with E-state index in [1.54, 1.807) is 0 Å². The van der Waals surface area contributed by atoms with E-state index in [1.807, 2.05) is 37.3 Å². The van der Waals surface area contributed by atoms with E-state index in [4.69, 9.17) is 0 Å². The maximum atomic E-state index is 12.7. The molecule has 1 aliphatic heterocycles. The predicted molar refractivity (Wildman–Crippen MR) is 90.7 cm³/mol. The van der Waals surface area contributed by atoms with E-state index in [9.17, 15) is 14.7 Å². The Morgan fingerprint density at radius 1 is 1.29 bits per heavy atom. The molecule has 7 nitrogen and oxygen atoms in total. The molecular weight excluding hydrogens is 328 g/mol. The van der Waals surface area contributed by atoms with Crippen LogP contribution in [-0.2, 0) is 0 Å². The number of rotatable bonds is 3. The first-order valence-electron chi connectivity index (χ1n) is 7.24. The minimum absolute atomic E-state index is 0.0621. The Balaban J connectivity index is 1.92. The van der Waals surface area contributed by atoms with Crippen LogP contribution in [0.1, 0.15) is 28.2 Å². The third-order valence-electron chi connectivity index (χ3n) is 4.01. The molecule has 0 aliphatic carbocycles. The van der Waals surface area contributed by atoms with Gasteiger partial charge < -0.3 is 10.4 Å². The number of amides is 2. The highest BCUT2D eigenvalue weighted by Crippen LogP contribution is 2.44. The summed E-state index contributed by atoms with van der Waals surface area (Å²) in [6.45, 7) is 1.90. The summed E-state index contributed by atoms with van der Waals surface area (Å²) in [6, 6.07) is 8.92. The highest BCUT2D eigenvalue weighted by Gasteiger charge is 2.35. The van der Waals surface area contributed by atoms with Crippen molar-refractivity contribution in [1.29, 1.82) is 0 Å². The molecule has 3 heterocycles. The van der Waals surface area contributed by atoms with Gasteiger partial charge in [0, 0.05) is 0 Å². The van der Waals surface area contributed by atoms with Crippen LogP contribution in [0.15, 0.2) is 36.7 Å². The first kappa shape index (κ1) is 14.6. The van der Waals surface area contributed by atoms with Gasteiger partial charge in [0.2, 0.25) is 0 Å². The molecule has 0 saturated heterocycles. The lowest BCUT2D eigenvalue weighted by atomic mass is 10.1. The molecule has 0 fully saturated rings. The number of thiophene rings is 1. The van der Waals surface area contributed by atoms with Crippen molar-refractivity contribution in [3.8, 4) is 0 Å². The van der Waals surface area contributed by atoms with Gasteiger partial charge in [-0.15, -0.1) is 11.3 Å². The smallest absolute Gasteiger partial charge is 0.348 e. The summed E-state index contributed by atoms with van der Waals surface area (Å²) in [5, 5.41) is 12.6. The second kappa shape index (κ2) is 5.27. The molecule has 0 saturated carbocycles. The fourth-order valence-corrected chi connectivity index (χ4v) is 3.80. The number of urea groups is 1. The lowest BCUT2D eigenvalue weighted by Gasteiger charge is -2.32. The Morgan fingerprint density at radius 2 is 2.04 bits per heavy atom. The van der Waals surface area contributed by atoms with E-state index in [2.05, 4.69) is 15.3 Å². The van der Waals surface area contributed by atoms with Gasteiger partial charge >= 0.3 is 12.0 Å². The van der Waals surface area contributed by atoms with Gasteiger partial charge in [0.05, 0.1) is 17.1 Å². The fraction of sp³-hybridized carbons (Fsp3) is 0.125. The van der Waals surface area contributed by atoms with E-state index in [0.717, 1.165) is 16.9 Å². The molecule has 1 atom stereocenters. The summed E-state index contributed by atoms with van der Waals surface area (Å²) < 4.78 is 0. The molecule has 2 aromatic heterocycles. The van der Waals surface area contributed by atoms with Gasteiger partial charge in [-0.3, -0.25) is 4.90 Å². The molecule has 2 amide bonds. The van der Waals surface area contributed by atoms with Crippen molar-refractivity contribution in [3.63, 3.8) is 0 Å². The molecule has 1 aliphatic rings. The molecule has 120 valence electrons. The zero-order valence-corrected chi connectivity index (χ0v) is 13.4. The number of hydrogen-bond donors (Lipinski definition) is 2. The summed E-state index contributed by atoms with van der Waals surface area (Å²) in [5.74, 6) is -0.664. The van der Waals surface area contributed by atoms with Gasteiger partial charge in [0.1, 0.15) is 16.0 Å². The van der Waals surface area contributed by atoms with Crippen LogP contribution in [0, 0.1) is 0 Å². The van der Waals surface area contributed by atoms with Crippen LogP contribution in [-0.4, -0.2) is 27.1 Å². The molecule has 2 N–H and O–H groups in total. The highest BCUT2D eigenvalue weighted by atomic mass is 32.1. The summed E-state index contributed by atoms with van der Waals surface area (Å²) >= 11 is 1.03. The number of aromatic nitrogens is 2. The summed E-state index contributed by atoms with van der Waals surface area (Å²) in [6.07, 6.45) is 1.35. The minimum Gasteiger partial charge on any atom is -0.477 e. The number of carboxylic acids is 1. The molecule has 0 radical (unpaired) electrons. The molecule has 24 heavy (non-hydrogen) atoms. The minimum atomic E-state index is -1.09. The van der Waals surface area contributed by atoms with Gasteiger partial charge in [-0.05, 0) is 12.5 Å². The quantitative estimate of drug-likeness (QED) is 0.761. The number of nitrogens with zero attached hydrogens (tertiary/aromatic N) is 3. The third kappa shape index (κ3) is 2.04. The Kier molecular flexibility index (Phi) is 3.20. The summed E-state index contributed by atoms with van der Waals surface area (Å²) in [7, 11) is 0. The van der Waals surface area contributed by atoms with Crippen LogP contribution in [0.4, 0.5) is 16.3 Å². The molecule has 0 bridgehead atoms. The Morgan fingerprint density at radius 3 is 2.75 bits per heavy atom. The molecule has 8 heteroatoms. The maximum absolute atomic E-state index is 12.7. The zero-order valence-electron chi connectivity index (χ0n) is 12.6. The number of nitrogens with one attached hydrogen (secondary N) is 1. The lowest BCUT2D eigenvalue weighted by molar-refractivity contribution is 0.0703. The second-order valence-corrected chi connectivity index (χ2v) is 6.37. The van der Waals surface area contributed by atoms with Crippen molar-refractivity contribution in [1.82, 2.24) is 9.97 Å². The largest absolute Gasteiger partial charge is 0.477 e. The van der Waals surface area contributed by atoms with Crippen LogP contribution in [0.3, 0.4) is 0 Å². The Bertz CT molecular complexity index is 970. The van der Waals surface area contributed by atoms with E-state index < -0.39 is 12.0 Å². The normalized spacial score (nSPS) is 14.5. The molecular formula is C16H12N4O3S. The second-order valence-electron chi connectivity index (χ2n) is 5.38. The molecule has 3 aromatic rings. The zero-order chi connectivity index (χ0) is 16.8. The number of carbonyl (C=O) groups is 2. The number of carbonyl (C=O) groups excluding carboxylic acids is 1. The van der Waals surface area contributed by atoms with Crippen LogP contribution in [0.5, 0.6) is 0 Å². The number of carboxylic acid groups (broad SMARTS) is 1. The van der Waals surface area contributed by atoms with Crippen molar-refractivity contribution >= 4 is 45.1 Å². The van der Waals surface area contributed by atoms with E-state index in [-0.39, 0.29) is 16.6 Å². The van der Waals surface area contributed by atoms with Crippen LogP contribution in [0.25, 0.3) is 10.2 Å². The van der Waals surface area contributed by atoms with Gasteiger partial charge in [-0.25, -0.2) is 19.6 Å². The summed E-state index contributed by atoms with van der Waals surface area (Å²) in [4.78, 5) is 34.6. The van der Waals surface area contributed by atoms with Crippen molar-refractivity contribution in [2.24, 2.45) is 0 Å². The van der Waals surface area contributed by atoms with Crippen molar-refractivity contribution in [3.05, 3.63) is 47.1 Å². The van der Waals surface area contributed by atoms with Gasteiger partial charge in [0.15, 0.2) is 5.82 Å². The lowest BCUT2D eigenvalue weighted by Crippen LogP contribution is -2.40. The maximum Gasteiger partial charge on any atom is 0.348 e. The topological polar surface area (TPSA) is 95.4 Å². The van der Waals surface area contributed by atoms with E-state index in [0.29, 0.717) is 16.0 Å².